The van der Waals surface area contributed by atoms with E-state index in [4.69, 9.17) is 4.52 Å². The molecular formula is C17H14N4O4. The second-order valence-corrected chi connectivity index (χ2v) is 5.36. The van der Waals surface area contributed by atoms with Crippen LogP contribution in [0.5, 0.6) is 0 Å². The Bertz CT molecular complexity index is 901. The molecule has 0 aliphatic rings. The molecule has 0 fully saturated rings. The zero-order chi connectivity index (χ0) is 17.8. The minimum Gasteiger partial charge on any atom is -0.343 e. The molecule has 0 aliphatic heterocycles. The molecule has 0 saturated heterocycles. The van der Waals surface area contributed by atoms with Crippen LogP contribution in [-0.4, -0.2) is 21.0 Å². The molecule has 0 saturated carbocycles. The Hall–Kier alpha value is -3.55. The minimum atomic E-state index is -0.480. The third-order valence-electron chi connectivity index (χ3n) is 3.52. The molecule has 1 aromatic heterocycles. The van der Waals surface area contributed by atoms with E-state index in [2.05, 4.69) is 15.5 Å². The van der Waals surface area contributed by atoms with Crippen LogP contribution in [0.25, 0.3) is 11.4 Å². The number of nitrogens with zero attached hydrogens (tertiary/aromatic N) is 3. The van der Waals surface area contributed by atoms with E-state index < -0.39 is 4.92 Å². The van der Waals surface area contributed by atoms with Crippen molar-refractivity contribution in [3.05, 3.63) is 75.7 Å². The largest absolute Gasteiger partial charge is 0.343 e. The van der Waals surface area contributed by atoms with Crippen molar-refractivity contribution >= 4 is 11.6 Å². The van der Waals surface area contributed by atoms with Gasteiger partial charge in [0.05, 0.1) is 11.5 Å². The van der Waals surface area contributed by atoms with Gasteiger partial charge in [0.25, 0.3) is 11.6 Å². The number of amides is 1. The van der Waals surface area contributed by atoms with Crippen molar-refractivity contribution in [1.29, 1.82) is 0 Å². The van der Waals surface area contributed by atoms with Gasteiger partial charge in [0.1, 0.15) is 0 Å². The van der Waals surface area contributed by atoms with Gasteiger partial charge in [-0.3, -0.25) is 14.9 Å². The van der Waals surface area contributed by atoms with Crippen molar-refractivity contribution in [3.8, 4) is 11.4 Å². The van der Waals surface area contributed by atoms with E-state index in [0.29, 0.717) is 17.0 Å². The van der Waals surface area contributed by atoms with E-state index >= 15 is 0 Å². The van der Waals surface area contributed by atoms with Gasteiger partial charge >= 0.3 is 0 Å². The number of nitro groups is 1. The number of rotatable bonds is 5. The number of nitro benzene ring substituents is 1. The number of nitrogens with one attached hydrogen (secondary N) is 1. The van der Waals surface area contributed by atoms with Crippen molar-refractivity contribution in [3.63, 3.8) is 0 Å². The predicted molar refractivity (Wildman–Crippen MR) is 88.7 cm³/mol. The number of carbonyl (C=O) groups excluding carboxylic acids is 1. The first-order valence-corrected chi connectivity index (χ1v) is 7.45. The van der Waals surface area contributed by atoms with Crippen LogP contribution >= 0.6 is 0 Å². The Labute approximate surface area is 142 Å². The van der Waals surface area contributed by atoms with E-state index in [-0.39, 0.29) is 24.0 Å². The van der Waals surface area contributed by atoms with Gasteiger partial charge in [-0.15, -0.1) is 0 Å². The van der Waals surface area contributed by atoms with E-state index in [0.717, 1.165) is 5.56 Å². The summed E-state index contributed by atoms with van der Waals surface area (Å²) in [6.45, 7) is 2.03. The van der Waals surface area contributed by atoms with Gasteiger partial charge in [-0.2, -0.15) is 4.98 Å². The summed E-state index contributed by atoms with van der Waals surface area (Å²) in [5, 5.41) is 17.2. The minimum absolute atomic E-state index is 0.0159. The van der Waals surface area contributed by atoms with Crippen LogP contribution in [0.1, 0.15) is 21.8 Å². The predicted octanol–water partition coefficient (Wildman–Crippen LogP) is 2.88. The smallest absolute Gasteiger partial charge is 0.269 e. The second-order valence-electron chi connectivity index (χ2n) is 5.36. The Morgan fingerprint density at radius 3 is 2.48 bits per heavy atom. The summed E-state index contributed by atoms with van der Waals surface area (Å²) < 4.78 is 5.09. The first kappa shape index (κ1) is 16.3. The molecule has 1 N–H and O–H groups in total. The molecule has 0 radical (unpaired) electrons. The Balaban J connectivity index is 1.64. The fourth-order valence-electron chi connectivity index (χ4n) is 2.14. The maximum Gasteiger partial charge on any atom is 0.269 e. The highest BCUT2D eigenvalue weighted by Gasteiger charge is 2.12. The average Bonchev–Trinajstić information content (AvgIpc) is 3.09. The fraction of sp³-hybridized carbons (Fsp3) is 0.118. The maximum absolute atomic E-state index is 12.0. The van der Waals surface area contributed by atoms with Crippen molar-refractivity contribution in [1.82, 2.24) is 15.5 Å². The summed E-state index contributed by atoms with van der Waals surface area (Å²) in [5.41, 5.74) is 2.19. The number of aryl methyl sites for hydroxylation is 1. The summed E-state index contributed by atoms with van der Waals surface area (Å²) in [7, 11) is 0. The molecule has 8 nitrogen and oxygen atoms in total. The lowest BCUT2D eigenvalue weighted by molar-refractivity contribution is -0.384. The number of hydrogen-bond donors (Lipinski definition) is 1. The van der Waals surface area contributed by atoms with Crippen LogP contribution in [0.3, 0.4) is 0 Å². The van der Waals surface area contributed by atoms with E-state index in [9.17, 15) is 14.9 Å². The average molecular weight is 338 g/mol. The highest BCUT2D eigenvalue weighted by atomic mass is 16.6. The number of hydrogen-bond acceptors (Lipinski definition) is 6. The highest BCUT2D eigenvalue weighted by Crippen LogP contribution is 2.19. The Morgan fingerprint density at radius 2 is 1.84 bits per heavy atom. The molecule has 0 spiro atoms. The van der Waals surface area contributed by atoms with Gasteiger partial charge in [-0.05, 0) is 31.2 Å². The molecule has 0 bridgehead atoms. The monoisotopic (exact) mass is 338 g/mol. The topological polar surface area (TPSA) is 111 Å². The fourth-order valence-corrected chi connectivity index (χ4v) is 2.14. The van der Waals surface area contributed by atoms with Crippen LogP contribution in [0.2, 0.25) is 0 Å². The lowest BCUT2D eigenvalue weighted by Gasteiger charge is -2.02. The van der Waals surface area contributed by atoms with Crippen molar-refractivity contribution in [2.45, 2.75) is 13.5 Å². The molecule has 3 aromatic rings. The summed E-state index contributed by atoms with van der Waals surface area (Å²) in [6, 6.07) is 13.0. The Kier molecular flexibility index (Phi) is 4.51. The third kappa shape index (κ3) is 3.86. The molecule has 25 heavy (non-hydrogen) atoms. The zero-order valence-corrected chi connectivity index (χ0v) is 13.3. The molecule has 1 heterocycles. The molecule has 126 valence electrons. The number of aromatic nitrogens is 2. The summed E-state index contributed by atoms with van der Waals surface area (Å²) in [6.07, 6.45) is 0. The standard InChI is InChI=1S/C17H14N4O4/c1-11-2-4-13(5-3-11)17(22)18-10-15-19-16(20-25-15)12-6-8-14(9-7-12)21(23)24/h2-9H,10H2,1H3,(H,18,22). The molecule has 0 unspecified atom stereocenters. The van der Waals surface area contributed by atoms with Gasteiger partial charge in [-0.1, -0.05) is 22.9 Å². The molecule has 0 atom stereocenters. The Morgan fingerprint density at radius 1 is 1.16 bits per heavy atom. The quantitative estimate of drug-likeness (QED) is 0.565. The van der Waals surface area contributed by atoms with Crippen LogP contribution in [0.4, 0.5) is 5.69 Å². The van der Waals surface area contributed by atoms with Gasteiger partial charge < -0.3 is 9.84 Å². The van der Waals surface area contributed by atoms with Gasteiger partial charge in [0, 0.05) is 23.3 Å². The van der Waals surface area contributed by atoms with Gasteiger partial charge in [0.15, 0.2) is 0 Å². The molecule has 2 aromatic carbocycles. The number of benzene rings is 2. The van der Waals surface area contributed by atoms with Gasteiger partial charge in [-0.25, -0.2) is 0 Å². The molecule has 1 amide bonds. The van der Waals surface area contributed by atoms with Crippen LogP contribution < -0.4 is 5.32 Å². The SMILES string of the molecule is Cc1ccc(C(=O)NCc2nc(-c3ccc([N+](=O)[O-])cc3)no2)cc1. The lowest BCUT2D eigenvalue weighted by Crippen LogP contribution is -2.22. The number of carbonyl (C=O) groups is 1. The molecule has 0 aliphatic carbocycles. The van der Waals surface area contributed by atoms with Crippen molar-refractivity contribution in [2.24, 2.45) is 0 Å². The first-order valence-electron chi connectivity index (χ1n) is 7.45. The van der Waals surface area contributed by atoms with Gasteiger partial charge in [0.2, 0.25) is 11.7 Å². The van der Waals surface area contributed by atoms with Crippen LogP contribution in [0, 0.1) is 17.0 Å². The van der Waals surface area contributed by atoms with Crippen LogP contribution in [-0.2, 0) is 6.54 Å². The maximum atomic E-state index is 12.0. The summed E-state index contributed by atoms with van der Waals surface area (Å²) in [5.74, 6) is 0.304. The summed E-state index contributed by atoms with van der Waals surface area (Å²) in [4.78, 5) is 26.4. The van der Waals surface area contributed by atoms with Crippen molar-refractivity contribution < 1.29 is 14.2 Å². The van der Waals surface area contributed by atoms with E-state index in [1.54, 1.807) is 12.1 Å². The molecule has 8 heteroatoms. The van der Waals surface area contributed by atoms with Crippen molar-refractivity contribution in [2.75, 3.05) is 0 Å². The summed E-state index contributed by atoms with van der Waals surface area (Å²) >= 11 is 0. The zero-order valence-electron chi connectivity index (χ0n) is 13.3. The normalized spacial score (nSPS) is 10.4. The third-order valence-corrected chi connectivity index (χ3v) is 3.52. The van der Waals surface area contributed by atoms with E-state index in [1.807, 2.05) is 19.1 Å². The number of non-ortho nitro benzene ring substituents is 1. The lowest BCUT2D eigenvalue weighted by atomic mass is 10.1. The first-order chi connectivity index (χ1) is 12.0. The van der Waals surface area contributed by atoms with E-state index in [1.165, 1.54) is 24.3 Å². The molecular weight excluding hydrogens is 324 g/mol. The van der Waals surface area contributed by atoms with Crippen LogP contribution in [0.15, 0.2) is 53.1 Å². The molecule has 3 rings (SSSR count). The second kappa shape index (κ2) is 6.91. The highest BCUT2D eigenvalue weighted by molar-refractivity contribution is 5.94.